The van der Waals surface area contributed by atoms with Crippen LogP contribution in [0.1, 0.15) is 5.56 Å². The highest BCUT2D eigenvalue weighted by molar-refractivity contribution is 9.10. The number of benzene rings is 2. The second-order valence-corrected chi connectivity index (χ2v) is 6.49. The average molecular weight is 378 g/mol. The molecule has 0 fully saturated rings. The van der Waals surface area contributed by atoms with Crippen LogP contribution in [0.5, 0.6) is 5.75 Å². The maximum atomic E-state index is 13.7. The van der Waals surface area contributed by atoms with Crippen molar-refractivity contribution >= 4 is 26.0 Å². The number of ether oxygens (including phenoxy) is 1. The number of nitrogens with two attached hydrogens (primary N) is 1. The third-order valence-electron chi connectivity index (χ3n) is 2.65. The number of halogens is 3. The van der Waals surface area contributed by atoms with Gasteiger partial charge in [-0.2, -0.15) is 0 Å². The summed E-state index contributed by atoms with van der Waals surface area (Å²) in [4.78, 5) is -0.348. The molecule has 8 heteroatoms. The molecule has 2 N–H and O–H groups in total. The Morgan fingerprint density at radius 3 is 2.48 bits per heavy atom. The van der Waals surface area contributed by atoms with Crippen LogP contribution in [0.25, 0.3) is 0 Å². The van der Waals surface area contributed by atoms with Crippen LogP contribution in [0.3, 0.4) is 0 Å². The summed E-state index contributed by atoms with van der Waals surface area (Å²) in [5, 5.41) is 4.89. The Morgan fingerprint density at radius 1 is 1.14 bits per heavy atom. The molecule has 0 spiro atoms. The quantitative estimate of drug-likeness (QED) is 0.890. The predicted molar refractivity (Wildman–Crippen MR) is 76.2 cm³/mol. The van der Waals surface area contributed by atoms with Gasteiger partial charge >= 0.3 is 0 Å². The maximum Gasteiger partial charge on any atom is 0.238 e. The van der Waals surface area contributed by atoms with E-state index in [4.69, 9.17) is 9.88 Å². The number of primary sulfonamides is 1. The zero-order chi connectivity index (χ0) is 15.6. The summed E-state index contributed by atoms with van der Waals surface area (Å²) in [6, 6.07) is 7.44. The monoisotopic (exact) mass is 377 g/mol. The van der Waals surface area contributed by atoms with Crippen molar-refractivity contribution in [2.45, 2.75) is 11.5 Å². The summed E-state index contributed by atoms with van der Waals surface area (Å²) >= 11 is 3.07. The van der Waals surface area contributed by atoms with Crippen molar-refractivity contribution in [3.8, 4) is 5.75 Å². The van der Waals surface area contributed by atoms with Gasteiger partial charge in [-0.15, -0.1) is 0 Å². The Balaban J connectivity index is 2.19. The minimum atomic E-state index is -3.97. The Morgan fingerprint density at radius 2 is 1.86 bits per heavy atom. The van der Waals surface area contributed by atoms with Crippen LogP contribution in [0.15, 0.2) is 45.8 Å². The van der Waals surface area contributed by atoms with E-state index in [1.165, 1.54) is 12.1 Å². The van der Waals surface area contributed by atoms with Gasteiger partial charge in [0, 0.05) is 5.56 Å². The van der Waals surface area contributed by atoms with E-state index in [-0.39, 0.29) is 21.7 Å². The normalized spacial score (nSPS) is 11.4. The molecule has 0 bridgehead atoms. The lowest BCUT2D eigenvalue weighted by Gasteiger charge is -2.10. The zero-order valence-corrected chi connectivity index (χ0v) is 12.9. The summed E-state index contributed by atoms with van der Waals surface area (Å²) < 4.78 is 54.7. The molecule has 4 nitrogen and oxygen atoms in total. The Hall–Kier alpha value is -1.51. The molecule has 2 aromatic carbocycles. The summed E-state index contributed by atoms with van der Waals surface area (Å²) in [6.07, 6.45) is 0. The third kappa shape index (κ3) is 3.78. The van der Waals surface area contributed by atoms with Gasteiger partial charge in [0.15, 0.2) is 11.6 Å². The largest absolute Gasteiger partial charge is 0.486 e. The molecule has 0 atom stereocenters. The fourth-order valence-electron chi connectivity index (χ4n) is 1.59. The molecule has 2 aromatic rings. The van der Waals surface area contributed by atoms with E-state index < -0.39 is 21.7 Å². The lowest BCUT2D eigenvalue weighted by Crippen LogP contribution is -2.12. The second-order valence-electron chi connectivity index (χ2n) is 4.14. The van der Waals surface area contributed by atoms with E-state index in [1.807, 2.05) is 0 Å². The van der Waals surface area contributed by atoms with Gasteiger partial charge < -0.3 is 4.74 Å². The first-order valence-corrected chi connectivity index (χ1v) is 8.01. The smallest absolute Gasteiger partial charge is 0.238 e. The van der Waals surface area contributed by atoms with Crippen LogP contribution in [-0.4, -0.2) is 8.42 Å². The van der Waals surface area contributed by atoms with Crippen molar-refractivity contribution in [2.24, 2.45) is 5.14 Å². The lowest BCUT2D eigenvalue weighted by atomic mass is 10.2. The number of hydrogen-bond acceptors (Lipinski definition) is 3. The summed E-state index contributed by atoms with van der Waals surface area (Å²) in [5.41, 5.74) is 0.491. The van der Waals surface area contributed by atoms with Gasteiger partial charge in [0.05, 0.1) is 9.37 Å². The summed E-state index contributed by atoms with van der Waals surface area (Å²) in [7, 11) is -3.97. The van der Waals surface area contributed by atoms with Crippen molar-refractivity contribution < 1.29 is 21.9 Å². The molecule has 0 radical (unpaired) electrons. The van der Waals surface area contributed by atoms with E-state index >= 15 is 0 Å². The predicted octanol–water partition coefficient (Wildman–Crippen LogP) is 2.95. The molecule has 0 aliphatic heterocycles. The van der Waals surface area contributed by atoms with Crippen molar-refractivity contribution in [1.29, 1.82) is 0 Å². The van der Waals surface area contributed by atoms with Crippen LogP contribution in [-0.2, 0) is 16.6 Å². The van der Waals surface area contributed by atoms with E-state index in [0.29, 0.717) is 5.56 Å². The molecule has 0 aromatic heterocycles. The topological polar surface area (TPSA) is 69.4 Å². The molecule has 0 unspecified atom stereocenters. The molecule has 2 rings (SSSR count). The molecule has 0 aliphatic carbocycles. The second kappa shape index (κ2) is 6.08. The van der Waals surface area contributed by atoms with Crippen LogP contribution in [0.2, 0.25) is 0 Å². The highest BCUT2D eigenvalue weighted by Gasteiger charge is 2.13. The van der Waals surface area contributed by atoms with Crippen molar-refractivity contribution in [3.05, 3.63) is 58.1 Å². The minimum Gasteiger partial charge on any atom is -0.486 e. The Kier molecular flexibility index (Phi) is 4.60. The number of hydrogen-bond donors (Lipinski definition) is 1. The summed E-state index contributed by atoms with van der Waals surface area (Å²) in [5.74, 6) is -1.48. The molecular formula is C13H10BrF2NO3S. The Bertz CT molecular complexity index is 781. The maximum absolute atomic E-state index is 13.7. The molecular weight excluding hydrogens is 368 g/mol. The molecule has 0 amide bonds. The Labute approximate surface area is 128 Å². The zero-order valence-electron chi connectivity index (χ0n) is 10.5. The van der Waals surface area contributed by atoms with Gasteiger partial charge in [-0.25, -0.2) is 22.3 Å². The minimum absolute atomic E-state index is 0.0794. The summed E-state index contributed by atoms with van der Waals surface area (Å²) in [6.45, 7) is -0.0794. The molecule has 21 heavy (non-hydrogen) atoms. The van der Waals surface area contributed by atoms with E-state index in [9.17, 15) is 17.2 Å². The molecule has 0 saturated heterocycles. The molecule has 0 heterocycles. The first-order valence-electron chi connectivity index (χ1n) is 5.67. The van der Waals surface area contributed by atoms with Crippen molar-refractivity contribution in [2.75, 3.05) is 0 Å². The number of sulfonamides is 1. The van der Waals surface area contributed by atoms with Crippen LogP contribution >= 0.6 is 15.9 Å². The van der Waals surface area contributed by atoms with E-state index in [0.717, 1.165) is 18.2 Å². The number of rotatable bonds is 4. The average Bonchev–Trinajstić information content (AvgIpc) is 2.40. The van der Waals surface area contributed by atoms with Crippen molar-refractivity contribution in [1.82, 2.24) is 0 Å². The fourth-order valence-corrected chi connectivity index (χ4v) is 2.50. The fraction of sp³-hybridized carbons (Fsp3) is 0.0769. The van der Waals surface area contributed by atoms with Crippen LogP contribution in [0, 0.1) is 11.6 Å². The van der Waals surface area contributed by atoms with Crippen molar-refractivity contribution in [3.63, 3.8) is 0 Å². The highest BCUT2D eigenvalue weighted by atomic mass is 79.9. The highest BCUT2D eigenvalue weighted by Crippen LogP contribution is 2.24. The van der Waals surface area contributed by atoms with Crippen LogP contribution in [0.4, 0.5) is 8.78 Å². The molecule has 112 valence electrons. The van der Waals surface area contributed by atoms with Gasteiger partial charge in [-0.1, -0.05) is 12.1 Å². The van der Waals surface area contributed by atoms with Gasteiger partial charge in [0.1, 0.15) is 12.4 Å². The van der Waals surface area contributed by atoms with Gasteiger partial charge in [0.25, 0.3) is 0 Å². The lowest BCUT2D eigenvalue weighted by molar-refractivity contribution is 0.288. The van der Waals surface area contributed by atoms with Gasteiger partial charge in [0.2, 0.25) is 10.0 Å². The third-order valence-corrected chi connectivity index (χ3v) is 4.45. The SMILES string of the molecule is NS(=O)(=O)c1ccc(OCc2cccc(F)c2Br)c(F)c1. The van der Waals surface area contributed by atoms with Gasteiger partial charge in [-0.3, -0.25) is 0 Å². The molecule has 0 aliphatic rings. The standard InChI is InChI=1S/C13H10BrF2NO3S/c14-13-8(2-1-3-10(13)15)7-20-12-5-4-9(6-11(12)16)21(17,18)19/h1-6H,7H2,(H2,17,18,19). The van der Waals surface area contributed by atoms with Gasteiger partial charge in [-0.05, 0) is 40.2 Å². The van der Waals surface area contributed by atoms with E-state index in [2.05, 4.69) is 15.9 Å². The van der Waals surface area contributed by atoms with Crippen LogP contribution < -0.4 is 9.88 Å². The molecule has 0 saturated carbocycles. The first kappa shape index (κ1) is 15.9. The first-order chi connectivity index (χ1) is 9.79. The van der Waals surface area contributed by atoms with E-state index in [1.54, 1.807) is 6.07 Å².